The number of aromatic nitrogens is 5. The van der Waals surface area contributed by atoms with Gasteiger partial charge in [-0.2, -0.15) is 4.68 Å². The van der Waals surface area contributed by atoms with E-state index >= 15 is 0 Å². The van der Waals surface area contributed by atoms with Crippen LogP contribution in [0, 0.1) is 6.92 Å². The number of amides is 1. The van der Waals surface area contributed by atoms with Crippen LogP contribution in [0.25, 0.3) is 15.9 Å². The molecule has 2 heterocycles. The molecule has 29 heavy (non-hydrogen) atoms. The molecule has 2 aromatic carbocycles. The largest absolute Gasteiger partial charge is 0.494 e. The molecule has 2 aromatic heterocycles. The van der Waals surface area contributed by atoms with E-state index < -0.39 is 0 Å². The van der Waals surface area contributed by atoms with E-state index in [0.29, 0.717) is 16.9 Å². The second-order valence-electron chi connectivity index (χ2n) is 6.13. The van der Waals surface area contributed by atoms with Crippen molar-refractivity contribution < 1.29 is 9.53 Å². The van der Waals surface area contributed by atoms with E-state index in [1.54, 1.807) is 4.68 Å². The van der Waals surface area contributed by atoms with E-state index in [0.717, 1.165) is 27.2 Å². The summed E-state index contributed by atoms with van der Waals surface area (Å²) in [6.45, 7) is 4.56. The van der Waals surface area contributed by atoms with E-state index in [1.165, 1.54) is 23.1 Å². The lowest BCUT2D eigenvalue weighted by Gasteiger charge is -2.04. The highest BCUT2D eigenvalue weighted by Crippen LogP contribution is 2.29. The predicted molar refractivity (Wildman–Crippen MR) is 114 cm³/mol. The number of carbonyl (C=O) groups is 1. The second kappa shape index (κ2) is 8.58. The molecule has 0 aliphatic carbocycles. The Balaban J connectivity index is 1.40. The molecule has 0 saturated carbocycles. The van der Waals surface area contributed by atoms with E-state index in [1.807, 2.05) is 56.3 Å². The Morgan fingerprint density at radius 1 is 1.24 bits per heavy atom. The molecule has 0 saturated heterocycles. The molecule has 0 aliphatic heterocycles. The van der Waals surface area contributed by atoms with Crippen molar-refractivity contribution in [3.8, 4) is 11.4 Å². The number of rotatable bonds is 7. The maximum Gasteiger partial charge on any atom is 0.236 e. The molecule has 148 valence electrons. The first kappa shape index (κ1) is 19.3. The highest BCUT2D eigenvalue weighted by Gasteiger charge is 2.13. The summed E-state index contributed by atoms with van der Waals surface area (Å²) >= 11 is 2.68. The first-order valence-corrected chi connectivity index (χ1v) is 10.7. The molecular weight excluding hydrogens is 408 g/mol. The van der Waals surface area contributed by atoms with Crippen LogP contribution < -0.4 is 10.1 Å². The summed E-state index contributed by atoms with van der Waals surface area (Å²) in [5.74, 6) is 0.796. The molecule has 0 spiro atoms. The number of carbonyl (C=O) groups excluding carboxylic acids is 1. The van der Waals surface area contributed by atoms with Gasteiger partial charge in [-0.05, 0) is 54.6 Å². The molecule has 0 aliphatic rings. The van der Waals surface area contributed by atoms with E-state index in [9.17, 15) is 4.79 Å². The summed E-state index contributed by atoms with van der Waals surface area (Å²) in [4.78, 5) is 16.8. The summed E-state index contributed by atoms with van der Waals surface area (Å²) in [6, 6.07) is 13.5. The lowest BCUT2D eigenvalue weighted by molar-refractivity contribution is -0.113. The van der Waals surface area contributed by atoms with Gasteiger partial charge in [0.05, 0.1) is 28.3 Å². The SMILES string of the molecule is CCOc1ccc2nc(NC(=O)CSc3nnnn3-c3ccc(C)cc3)sc2c1. The normalized spacial score (nSPS) is 11.0. The van der Waals surface area contributed by atoms with Crippen molar-refractivity contribution in [2.75, 3.05) is 17.7 Å². The molecule has 10 heteroatoms. The number of hydrogen-bond donors (Lipinski definition) is 1. The van der Waals surface area contributed by atoms with Crippen LogP contribution in [0.5, 0.6) is 5.75 Å². The van der Waals surface area contributed by atoms with Crippen LogP contribution in [0.15, 0.2) is 47.6 Å². The molecular formula is C19H18N6O2S2. The van der Waals surface area contributed by atoms with Gasteiger partial charge in [0.15, 0.2) is 5.13 Å². The number of aryl methyl sites for hydroxylation is 1. The van der Waals surface area contributed by atoms with Gasteiger partial charge in [0.1, 0.15) is 5.75 Å². The first-order valence-electron chi connectivity index (χ1n) is 8.94. The number of thiazole rings is 1. The van der Waals surface area contributed by atoms with Crippen LogP contribution in [-0.4, -0.2) is 43.5 Å². The molecule has 0 radical (unpaired) electrons. The maximum absolute atomic E-state index is 12.4. The number of thioether (sulfide) groups is 1. The third-order valence-electron chi connectivity index (χ3n) is 3.97. The molecule has 0 atom stereocenters. The van der Waals surface area contributed by atoms with Crippen molar-refractivity contribution in [1.29, 1.82) is 0 Å². The lowest BCUT2D eigenvalue weighted by Crippen LogP contribution is -2.14. The van der Waals surface area contributed by atoms with Gasteiger partial charge in [-0.1, -0.05) is 40.8 Å². The third-order valence-corrected chi connectivity index (χ3v) is 5.82. The molecule has 4 aromatic rings. The van der Waals surface area contributed by atoms with Crippen LogP contribution in [0.4, 0.5) is 5.13 Å². The highest BCUT2D eigenvalue weighted by atomic mass is 32.2. The Kier molecular flexibility index (Phi) is 5.72. The van der Waals surface area contributed by atoms with Crippen molar-refractivity contribution >= 4 is 44.4 Å². The second-order valence-corrected chi connectivity index (χ2v) is 8.10. The van der Waals surface area contributed by atoms with Gasteiger partial charge in [-0.3, -0.25) is 4.79 Å². The summed E-state index contributed by atoms with van der Waals surface area (Å²) in [7, 11) is 0. The summed E-state index contributed by atoms with van der Waals surface area (Å²) < 4.78 is 8.08. The van der Waals surface area contributed by atoms with Crippen LogP contribution in [-0.2, 0) is 4.79 Å². The highest BCUT2D eigenvalue weighted by molar-refractivity contribution is 7.99. The molecule has 1 amide bonds. The predicted octanol–water partition coefficient (Wildman–Crippen LogP) is 3.71. The van der Waals surface area contributed by atoms with Gasteiger partial charge >= 0.3 is 0 Å². The summed E-state index contributed by atoms with van der Waals surface area (Å²) in [5.41, 5.74) is 2.82. The Bertz CT molecular complexity index is 1140. The zero-order valence-corrected chi connectivity index (χ0v) is 17.5. The van der Waals surface area contributed by atoms with Gasteiger partial charge in [0.25, 0.3) is 0 Å². The summed E-state index contributed by atoms with van der Waals surface area (Å²) in [6.07, 6.45) is 0. The quantitative estimate of drug-likeness (QED) is 0.450. The minimum absolute atomic E-state index is 0.169. The standard InChI is InChI=1S/C19H18N6O2S2/c1-3-27-14-8-9-15-16(10-14)29-18(20-15)21-17(26)11-28-19-22-23-24-25(19)13-6-4-12(2)5-7-13/h4-10H,3,11H2,1-2H3,(H,20,21,26). The fraction of sp³-hybridized carbons (Fsp3) is 0.211. The minimum atomic E-state index is -0.169. The number of nitrogens with zero attached hydrogens (tertiary/aromatic N) is 5. The average Bonchev–Trinajstić information content (AvgIpc) is 3.33. The maximum atomic E-state index is 12.4. The molecule has 8 nitrogen and oxygen atoms in total. The van der Waals surface area contributed by atoms with E-state index in [-0.39, 0.29) is 11.7 Å². The van der Waals surface area contributed by atoms with E-state index in [4.69, 9.17) is 4.74 Å². The van der Waals surface area contributed by atoms with E-state index in [2.05, 4.69) is 25.8 Å². The van der Waals surface area contributed by atoms with Gasteiger partial charge in [-0.25, -0.2) is 4.98 Å². The number of hydrogen-bond acceptors (Lipinski definition) is 8. The van der Waals surface area contributed by atoms with Crippen molar-refractivity contribution in [3.05, 3.63) is 48.0 Å². The Labute approximate surface area is 175 Å². The molecule has 0 bridgehead atoms. The zero-order chi connectivity index (χ0) is 20.2. The number of nitrogens with one attached hydrogen (secondary N) is 1. The van der Waals surface area contributed by atoms with Crippen LogP contribution in [0.1, 0.15) is 12.5 Å². The number of fused-ring (bicyclic) bond motifs is 1. The third kappa shape index (κ3) is 4.54. The Morgan fingerprint density at radius 3 is 2.86 bits per heavy atom. The van der Waals surface area contributed by atoms with Gasteiger partial charge in [0, 0.05) is 0 Å². The fourth-order valence-electron chi connectivity index (χ4n) is 2.62. The van der Waals surface area contributed by atoms with Gasteiger partial charge in [-0.15, -0.1) is 5.10 Å². The van der Waals surface area contributed by atoms with Crippen molar-refractivity contribution in [1.82, 2.24) is 25.2 Å². The lowest BCUT2D eigenvalue weighted by atomic mass is 10.2. The molecule has 0 unspecified atom stereocenters. The van der Waals surface area contributed by atoms with Gasteiger partial charge in [0.2, 0.25) is 11.1 Å². The monoisotopic (exact) mass is 426 g/mol. The summed E-state index contributed by atoms with van der Waals surface area (Å²) in [5, 5.41) is 15.7. The molecule has 0 fully saturated rings. The van der Waals surface area contributed by atoms with Crippen molar-refractivity contribution in [2.24, 2.45) is 0 Å². The fourth-order valence-corrected chi connectivity index (χ4v) is 4.22. The van der Waals surface area contributed by atoms with Crippen LogP contribution in [0.2, 0.25) is 0 Å². The minimum Gasteiger partial charge on any atom is -0.494 e. The Hall–Kier alpha value is -2.98. The molecule has 1 N–H and O–H groups in total. The first-order chi connectivity index (χ1) is 14.1. The Morgan fingerprint density at radius 2 is 2.07 bits per heavy atom. The molecule has 4 rings (SSSR count). The van der Waals surface area contributed by atoms with Crippen LogP contribution >= 0.6 is 23.1 Å². The number of benzene rings is 2. The number of tetrazole rings is 1. The smallest absolute Gasteiger partial charge is 0.236 e. The average molecular weight is 427 g/mol. The van der Waals surface area contributed by atoms with Crippen LogP contribution in [0.3, 0.4) is 0 Å². The zero-order valence-electron chi connectivity index (χ0n) is 15.8. The number of ether oxygens (including phenoxy) is 1. The topological polar surface area (TPSA) is 94.8 Å². The number of anilines is 1. The van der Waals surface area contributed by atoms with Crippen molar-refractivity contribution in [2.45, 2.75) is 19.0 Å². The van der Waals surface area contributed by atoms with Gasteiger partial charge < -0.3 is 10.1 Å². The van der Waals surface area contributed by atoms with Crippen molar-refractivity contribution in [3.63, 3.8) is 0 Å².